The van der Waals surface area contributed by atoms with E-state index in [1.54, 1.807) is 5.57 Å². The predicted octanol–water partition coefficient (Wildman–Crippen LogP) is 4.73. The quantitative estimate of drug-likeness (QED) is 0.633. The highest BCUT2D eigenvalue weighted by Crippen LogP contribution is 2.36. The van der Waals surface area contributed by atoms with Crippen molar-refractivity contribution in [2.45, 2.75) is 39.0 Å². The smallest absolute Gasteiger partial charge is 0.0247 e. The minimum Gasteiger partial charge on any atom is -0.0618 e. The van der Waals surface area contributed by atoms with Gasteiger partial charge in [-0.3, -0.25) is 0 Å². The molecule has 0 aliphatic heterocycles. The lowest BCUT2D eigenvalue weighted by Gasteiger charge is -2.23. The lowest BCUT2D eigenvalue weighted by atomic mass is 9.82. The molecule has 0 N–H and O–H groups in total. The molecule has 76 valence electrons. The van der Waals surface area contributed by atoms with E-state index >= 15 is 0 Å². The molecule has 0 heterocycles. The SMILES string of the molecule is CC(=C1C=CC=C1Br)C1CCCCC1. The van der Waals surface area contributed by atoms with Crippen LogP contribution >= 0.6 is 15.9 Å². The van der Waals surface area contributed by atoms with Crippen molar-refractivity contribution in [1.82, 2.24) is 0 Å². The van der Waals surface area contributed by atoms with Crippen LogP contribution in [0.15, 0.2) is 33.9 Å². The van der Waals surface area contributed by atoms with E-state index in [1.807, 2.05) is 0 Å². The van der Waals surface area contributed by atoms with Gasteiger partial charge in [0.2, 0.25) is 0 Å². The van der Waals surface area contributed by atoms with Crippen LogP contribution in [0.4, 0.5) is 0 Å². The number of halogens is 1. The maximum absolute atomic E-state index is 3.61. The van der Waals surface area contributed by atoms with Crippen LogP contribution in [0.5, 0.6) is 0 Å². The standard InChI is InChI=1S/C13H17Br/c1-10(11-6-3-2-4-7-11)12-8-5-9-13(12)14/h5,8-9,11H,2-4,6-7H2,1H3. The summed E-state index contributed by atoms with van der Waals surface area (Å²) in [5, 5.41) is 0. The highest BCUT2D eigenvalue weighted by atomic mass is 79.9. The van der Waals surface area contributed by atoms with Gasteiger partial charge in [0.15, 0.2) is 0 Å². The summed E-state index contributed by atoms with van der Waals surface area (Å²) in [5.41, 5.74) is 3.01. The first-order valence-corrected chi connectivity index (χ1v) is 6.33. The molecule has 0 nitrogen and oxygen atoms in total. The maximum atomic E-state index is 3.61. The van der Waals surface area contributed by atoms with Gasteiger partial charge in [-0.25, -0.2) is 0 Å². The molecule has 0 aromatic heterocycles. The van der Waals surface area contributed by atoms with Crippen molar-refractivity contribution in [3.05, 3.63) is 33.9 Å². The summed E-state index contributed by atoms with van der Waals surface area (Å²) >= 11 is 3.61. The first kappa shape index (κ1) is 10.2. The van der Waals surface area contributed by atoms with Crippen LogP contribution in [0.3, 0.4) is 0 Å². The van der Waals surface area contributed by atoms with Crippen molar-refractivity contribution in [1.29, 1.82) is 0 Å². The van der Waals surface area contributed by atoms with Crippen LogP contribution in [0, 0.1) is 5.92 Å². The van der Waals surface area contributed by atoms with Gasteiger partial charge in [-0.15, -0.1) is 0 Å². The Morgan fingerprint density at radius 2 is 2.00 bits per heavy atom. The Hall–Kier alpha value is -0.300. The molecule has 0 atom stereocenters. The first-order valence-electron chi connectivity index (χ1n) is 5.54. The highest BCUT2D eigenvalue weighted by Gasteiger charge is 2.18. The number of hydrogen-bond donors (Lipinski definition) is 0. The zero-order valence-corrected chi connectivity index (χ0v) is 10.3. The van der Waals surface area contributed by atoms with Crippen molar-refractivity contribution in [2.75, 3.05) is 0 Å². The zero-order chi connectivity index (χ0) is 9.97. The largest absolute Gasteiger partial charge is 0.0618 e. The molecule has 2 aliphatic rings. The fourth-order valence-electron chi connectivity index (χ4n) is 2.47. The number of allylic oxidation sites excluding steroid dienone is 6. The second-order valence-electron chi connectivity index (χ2n) is 4.31. The molecular weight excluding hydrogens is 236 g/mol. The fraction of sp³-hybridized carbons (Fsp3) is 0.538. The van der Waals surface area contributed by atoms with Crippen LogP contribution in [-0.4, -0.2) is 0 Å². The second kappa shape index (κ2) is 4.48. The van der Waals surface area contributed by atoms with E-state index in [-0.39, 0.29) is 0 Å². The molecule has 0 unspecified atom stereocenters. The van der Waals surface area contributed by atoms with E-state index in [1.165, 1.54) is 42.2 Å². The predicted molar refractivity (Wildman–Crippen MR) is 65.4 cm³/mol. The Morgan fingerprint density at radius 3 is 2.57 bits per heavy atom. The van der Waals surface area contributed by atoms with Gasteiger partial charge in [0.1, 0.15) is 0 Å². The molecule has 0 radical (unpaired) electrons. The van der Waals surface area contributed by atoms with Crippen LogP contribution < -0.4 is 0 Å². The zero-order valence-electron chi connectivity index (χ0n) is 8.72. The lowest BCUT2D eigenvalue weighted by molar-refractivity contribution is 0.402. The molecule has 1 saturated carbocycles. The van der Waals surface area contributed by atoms with E-state index in [4.69, 9.17) is 0 Å². The Labute approximate surface area is 94.9 Å². The lowest BCUT2D eigenvalue weighted by Crippen LogP contribution is -2.08. The summed E-state index contributed by atoms with van der Waals surface area (Å²) in [6.45, 7) is 2.30. The van der Waals surface area contributed by atoms with Gasteiger partial charge < -0.3 is 0 Å². The monoisotopic (exact) mass is 252 g/mol. The second-order valence-corrected chi connectivity index (χ2v) is 5.16. The summed E-state index contributed by atoms with van der Waals surface area (Å²) < 4.78 is 1.26. The first-order chi connectivity index (χ1) is 6.79. The van der Waals surface area contributed by atoms with E-state index in [2.05, 4.69) is 41.1 Å². The molecular formula is C13H17Br. The van der Waals surface area contributed by atoms with Crippen LogP contribution in [0.1, 0.15) is 39.0 Å². The summed E-state index contributed by atoms with van der Waals surface area (Å²) in [6, 6.07) is 0. The third kappa shape index (κ3) is 2.03. The van der Waals surface area contributed by atoms with Crippen molar-refractivity contribution >= 4 is 15.9 Å². The molecule has 1 heteroatoms. The summed E-state index contributed by atoms with van der Waals surface area (Å²) in [4.78, 5) is 0. The minimum absolute atomic E-state index is 0.836. The van der Waals surface area contributed by atoms with Gasteiger partial charge in [-0.05, 0) is 37.3 Å². The molecule has 0 aromatic carbocycles. The van der Waals surface area contributed by atoms with Gasteiger partial charge in [0, 0.05) is 4.48 Å². The Morgan fingerprint density at radius 1 is 1.29 bits per heavy atom. The van der Waals surface area contributed by atoms with Crippen LogP contribution in [0.2, 0.25) is 0 Å². The summed E-state index contributed by atoms with van der Waals surface area (Å²) in [5.74, 6) is 0.836. The molecule has 1 fully saturated rings. The topological polar surface area (TPSA) is 0 Å². The molecule has 0 aromatic rings. The van der Waals surface area contributed by atoms with Gasteiger partial charge in [0.25, 0.3) is 0 Å². The molecule has 0 saturated heterocycles. The van der Waals surface area contributed by atoms with Crippen LogP contribution in [-0.2, 0) is 0 Å². The maximum Gasteiger partial charge on any atom is 0.0247 e. The Bertz CT molecular complexity index is 301. The highest BCUT2D eigenvalue weighted by molar-refractivity contribution is 9.12. The molecule has 0 amide bonds. The minimum atomic E-state index is 0.836. The van der Waals surface area contributed by atoms with Gasteiger partial charge in [-0.1, -0.05) is 52.9 Å². The third-order valence-corrected chi connectivity index (χ3v) is 4.10. The number of rotatable bonds is 1. The molecule has 14 heavy (non-hydrogen) atoms. The Balaban J connectivity index is 2.16. The average molecular weight is 253 g/mol. The number of hydrogen-bond acceptors (Lipinski definition) is 0. The van der Waals surface area contributed by atoms with E-state index < -0.39 is 0 Å². The van der Waals surface area contributed by atoms with Crippen molar-refractivity contribution in [2.24, 2.45) is 5.92 Å². The summed E-state index contributed by atoms with van der Waals surface area (Å²) in [7, 11) is 0. The van der Waals surface area contributed by atoms with Gasteiger partial charge >= 0.3 is 0 Å². The molecule has 0 spiro atoms. The summed E-state index contributed by atoms with van der Waals surface area (Å²) in [6.07, 6.45) is 13.6. The van der Waals surface area contributed by atoms with Crippen molar-refractivity contribution < 1.29 is 0 Å². The van der Waals surface area contributed by atoms with Gasteiger partial charge in [0.05, 0.1) is 0 Å². The van der Waals surface area contributed by atoms with E-state index in [0.29, 0.717) is 0 Å². The Kier molecular flexibility index (Phi) is 3.27. The van der Waals surface area contributed by atoms with E-state index in [0.717, 1.165) is 5.92 Å². The molecule has 2 aliphatic carbocycles. The fourth-order valence-corrected chi connectivity index (χ4v) is 3.07. The average Bonchev–Trinajstić information content (AvgIpc) is 2.65. The normalized spacial score (nSPS) is 26.6. The van der Waals surface area contributed by atoms with Crippen molar-refractivity contribution in [3.8, 4) is 0 Å². The van der Waals surface area contributed by atoms with Crippen LogP contribution in [0.25, 0.3) is 0 Å². The van der Waals surface area contributed by atoms with Gasteiger partial charge in [-0.2, -0.15) is 0 Å². The van der Waals surface area contributed by atoms with E-state index in [9.17, 15) is 0 Å². The molecule has 0 bridgehead atoms. The van der Waals surface area contributed by atoms with Crippen molar-refractivity contribution in [3.63, 3.8) is 0 Å². The third-order valence-electron chi connectivity index (χ3n) is 3.41. The molecule has 2 rings (SSSR count).